The third-order valence-electron chi connectivity index (χ3n) is 3.75. The van der Waals surface area contributed by atoms with Crippen molar-refractivity contribution < 1.29 is 4.79 Å². The second-order valence-electron chi connectivity index (χ2n) is 5.50. The predicted octanol–water partition coefficient (Wildman–Crippen LogP) is 2.98. The summed E-state index contributed by atoms with van der Waals surface area (Å²) < 4.78 is 1.62. The van der Waals surface area contributed by atoms with E-state index < -0.39 is 0 Å². The molecule has 0 unspecified atom stereocenters. The summed E-state index contributed by atoms with van der Waals surface area (Å²) in [5.74, 6) is 0.381. The number of aromatic nitrogens is 5. The molecule has 126 valence electrons. The van der Waals surface area contributed by atoms with E-state index in [1.165, 1.54) is 6.33 Å². The highest BCUT2D eigenvalue weighted by atomic mass is 16.1. The SMILES string of the molecule is O=C(Nc1cnc(-c2ccccc2)nc1)c1ccc(-n2cncn2)cc1. The number of benzene rings is 2. The standard InChI is InChI=1S/C19H14N6O/c26-19(15-6-8-17(9-7-15)25-13-20-12-23-25)24-16-10-21-18(22-11-16)14-4-2-1-3-5-14/h1-13H,(H,24,26). The van der Waals surface area contributed by atoms with Gasteiger partial charge in [-0.05, 0) is 24.3 Å². The van der Waals surface area contributed by atoms with E-state index in [9.17, 15) is 4.79 Å². The Morgan fingerprint density at radius 3 is 2.31 bits per heavy atom. The van der Waals surface area contributed by atoms with Crippen LogP contribution in [0, 0.1) is 0 Å². The fourth-order valence-electron chi connectivity index (χ4n) is 2.44. The molecule has 0 spiro atoms. The predicted molar refractivity (Wildman–Crippen MR) is 96.8 cm³/mol. The Balaban J connectivity index is 1.46. The van der Waals surface area contributed by atoms with E-state index in [4.69, 9.17) is 0 Å². The number of nitrogens with zero attached hydrogens (tertiary/aromatic N) is 5. The van der Waals surface area contributed by atoms with Gasteiger partial charge in [0.2, 0.25) is 0 Å². The molecule has 0 aliphatic carbocycles. The quantitative estimate of drug-likeness (QED) is 0.616. The van der Waals surface area contributed by atoms with E-state index >= 15 is 0 Å². The molecule has 7 heteroatoms. The summed E-state index contributed by atoms with van der Waals surface area (Å²) in [6.45, 7) is 0. The first kappa shape index (κ1) is 15.6. The number of hydrogen-bond acceptors (Lipinski definition) is 5. The van der Waals surface area contributed by atoms with Crippen LogP contribution in [0.25, 0.3) is 17.1 Å². The van der Waals surface area contributed by atoms with Crippen LogP contribution in [0.15, 0.2) is 79.6 Å². The average Bonchev–Trinajstić information content (AvgIpc) is 3.24. The molecule has 4 aromatic rings. The largest absolute Gasteiger partial charge is 0.319 e. The molecule has 0 saturated heterocycles. The van der Waals surface area contributed by atoms with Gasteiger partial charge >= 0.3 is 0 Å². The molecule has 4 rings (SSSR count). The zero-order valence-electron chi connectivity index (χ0n) is 13.6. The number of rotatable bonds is 4. The number of nitrogens with one attached hydrogen (secondary N) is 1. The van der Waals surface area contributed by atoms with Gasteiger partial charge in [0.25, 0.3) is 5.91 Å². The van der Waals surface area contributed by atoms with Crippen molar-refractivity contribution in [2.75, 3.05) is 5.32 Å². The Bertz CT molecular complexity index is 996. The highest BCUT2D eigenvalue weighted by Gasteiger charge is 2.08. The second-order valence-corrected chi connectivity index (χ2v) is 5.50. The van der Waals surface area contributed by atoms with Crippen molar-refractivity contribution in [3.05, 3.63) is 85.2 Å². The van der Waals surface area contributed by atoms with Crippen molar-refractivity contribution in [3.8, 4) is 17.1 Å². The van der Waals surface area contributed by atoms with Crippen molar-refractivity contribution in [1.29, 1.82) is 0 Å². The lowest BCUT2D eigenvalue weighted by atomic mass is 10.2. The van der Waals surface area contributed by atoms with Crippen LogP contribution in [0.1, 0.15) is 10.4 Å². The molecule has 0 aliphatic heterocycles. The van der Waals surface area contributed by atoms with Crippen molar-refractivity contribution >= 4 is 11.6 Å². The fourth-order valence-corrected chi connectivity index (χ4v) is 2.44. The van der Waals surface area contributed by atoms with Gasteiger partial charge in [-0.25, -0.2) is 19.6 Å². The summed E-state index contributed by atoms with van der Waals surface area (Å²) in [5, 5.41) is 6.84. The summed E-state index contributed by atoms with van der Waals surface area (Å²) in [6, 6.07) is 16.7. The molecular formula is C19H14N6O. The molecule has 1 N–H and O–H groups in total. The third kappa shape index (κ3) is 3.32. The Hall–Kier alpha value is -3.87. The van der Waals surface area contributed by atoms with Crippen LogP contribution in [-0.4, -0.2) is 30.6 Å². The smallest absolute Gasteiger partial charge is 0.255 e. The first-order valence-electron chi connectivity index (χ1n) is 7.93. The highest BCUT2D eigenvalue weighted by molar-refractivity contribution is 6.04. The molecule has 0 atom stereocenters. The van der Waals surface area contributed by atoms with Gasteiger partial charge in [0.1, 0.15) is 12.7 Å². The molecule has 1 amide bonds. The van der Waals surface area contributed by atoms with E-state index in [2.05, 4.69) is 25.4 Å². The van der Waals surface area contributed by atoms with E-state index in [-0.39, 0.29) is 5.91 Å². The molecule has 0 saturated carbocycles. The third-order valence-corrected chi connectivity index (χ3v) is 3.75. The Labute approximate surface area is 149 Å². The second kappa shape index (κ2) is 6.94. The maximum Gasteiger partial charge on any atom is 0.255 e. The van der Waals surface area contributed by atoms with E-state index in [1.54, 1.807) is 47.7 Å². The topological polar surface area (TPSA) is 85.6 Å². The molecule has 26 heavy (non-hydrogen) atoms. The summed E-state index contributed by atoms with van der Waals surface area (Å²) in [4.78, 5) is 24.9. The molecule has 2 heterocycles. The number of carbonyl (C=O) groups is 1. The van der Waals surface area contributed by atoms with Crippen LogP contribution in [0.5, 0.6) is 0 Å². The molecule has 0 fully saturated rings. The van der Waals surface area contributed by atoms with Crippen molar-refractivity contribution in [2.24, 2.45) is 0 Å². The summed E-state index contributed by atoms with van der Waals surface area (Å²) in [5.41, 5.74) is 2.82. The van der Waals surface area contributed by atoms with Gasteiger partial charge in [-0.3, -0.25) is 4.79 Å². The van der Waals surface area contributed by atoms with Crippen molar-refractivity contribution in [2.45, 2.75) is 0 Å². The van der Waals surface area contributed by atoms with Gasteiger partial charge in [-0.15, -0.1) is 0 Å². The van der Waals surface area contributed by atoms with Crippen LogP contribution < -0.4 is 5.32 Å². The van der Waals surface area contributed by atoms with Gasteiger partial charge in [0.15, 0.2) is 5.82 Å². The first-order chi connectivity index (χ1) is 12.8. The average molecular weight is 342 g/mol. The van der Waals surface area contributed by atoms with E-state index in [1.807, 2.05) is 30.3 Å². The Morgan fingerprint density at radius 1 is 0.923 bits per heavy atom. The van der Waals surface area contributed by atoms with Gasteiger partial charge < -0.3 is 5.32 Å². The van der Waals surface area contributed by atoms with Crippen LogP contribution >= 0.6 is 0 Å². The first-order valence-corrected chi connectivity index (χ1v) is 7.93. The molecule has 7 nitrogen and oxygen atoms in total. The van der Waals surface area contributed by atoms with E-state index in [0.29, 0.717) is 17.1 Å². The monoisotopic (exact) mass is 342 g/mol. The zero-order chi connectivity index (χ0) is 17.8. The number of amides is 1. The van der Waals surface area contributed by atoms with Gasteiger partial charge in [0.05, 0.1) is 23.8 Å². The number of hydrogen-bond donors (Lipinski definition) is 1. The maximum atomic E-state index is 12.4. The fraction of sp³-hybridized carbons (Fsp3) is 0. The number of anilines is 1. The summed E-state index contributed by atoms with van der Waals surface area (Å²) in [7, 11) is 0. The highest BCUT2D eigenvalue weighted by Crippen LogP contribution is 2.15. The molecule has 2 aromatic carbocycles. The van der Waals surface area contributed by atoms with Gasteiger partial charge in [0, 0.05) is 11.1 Å². The van der Waals surface area contributed by atoms with Crippen molar-refractivity contribution in [3.63, 3.8) is 0 Å². The lowest BCUT2D eigenvalue weighted by Gasteiger charge is -2.06. The van der Waals surface area contributed by atoms with Gasteiger partial charge in [-0.1, -0.05) is 30.3 Å². The number of carbonyl (C=O) groups excluding carboxylic acids is 1. The van der Waals surface area contributed by atoms with Crippen LogP contribution in [0.3, 0.4) is 0 Å². The van der Waals surface area contributed by atoms with Crippen LogP contribution in [0.2, 0.25) is 0 Å². The lowest BCUT2D eigenvalue weighted by Crippen LogP contribution is -2.12. The molecular weight excluding hydrogens is 328 g/mol. The van der Waals surface area contributed by atoms with Crippen molar-refractivity contribution in [1.82, 2.24) is 24.7 Å². The Kier molecular flexibility index (Phi) is 4.17. The molecule has 2 aromatic heterocycles. The minimum atomic E-state index is -0.230. The lowest BCUT2D eigenvalue weighted by molar-refractivity contribution is 0.102. The molecule has 0 bridgehead atoms. The summed E-state index contributed by atoms with van der Waals surface area (Å²) in [6.07, 6.45) is 6.24. The Morgan fingerprint density at radius 2 is 1.65 bits per heavy atom. The van der Waals surface area contributed by atoms with Crippen LogP contribution in [-0.2, 0) is 0 Å². The molecule has 0 aliphatic rings. The zero-order valence-corrected chi connectivity index (χ0v) is 13.6. The van der Waals surface area contributed by atoms with E-state index in [0.717, 1.165) is 11.3 Å². The van der Waals surface area contributed by atoms with Crippen LogP contribution in [0.4, 0.5) is 5.69 Å². The van der Waals surface area contributed by atoms with Gasteiger partial charge in [-0.2, -0.15) is 5.10 Å². The molecule has 0 radical (unpaired) electrons. The normalized spacial score (nSPS) is 10.5. The maximum absolute atomic E-state index is 12.4. The summed E-state index contributed by atoms with van der Waals surface area (Å²) >= 11 is 0. The minimum Gasteiger partial charge on any atom is -0.319 e. The minimum absolute atomic E-state index is 0.230.